The summed E-state index contributed by atoms with van der Waals surface area (Å²) < 4.78 is 12.9. The van der Waals surface area contributed by atoms with Gasteiger partial charge in [0.15, 0.2) is 5.65 Å². The van der Waals surface area contributed by atoms with E-state index in [0.717, 1.165) is 29.7 Å². The number of fused-ring (bicyclic) bond motifs is 1. The summed E-state index contributed by atoms with van der Waals surface area (Å²) in [4.78, 5) is 21.1. The molecule has 140 valence electrons. The summed E-state index contributed by atoms with van der Waals surface area (Å²) >= 11 is 0. The third-order valence-electron chi connectivity index (χ3n) is 4.76. The average molecular weight is 367 g/mol. The number of carbonyl (C=O) groups is 1. The maximum Gasteiger partial charge on any atom is 0.254 e. The Morgan fingerprint density at radius 3 is 2.67 bits per heavy atom. The van der Waals surface area contributed by atoms with E-state index in [-0.39, 0.29) is 17.5 Å². The Hall–Kier alpha value is -3.29. The van der Waals surface area contributed by atoms with Crippen LogP contribution >= 0.6 is 0 Å². The molecular formula is C19H21N5O3. The van der Waals surface area contributed by atoms with Crippen molar-refractivity contribution in [3.8, 4) is 17.3 Å². The highest BCUT2D eigenvalue weighted by molar-refractivity contribution is 6.09. The van der Waals surface area contributed by atoms with Gasteiger partial charge in [-0.25, -0.2) is 9.97 Å². The number of primary amides is 1. The van der Waals surface area contributed by atoms with Gasteiger partial charge in [0, 0.05) is 5.56 Å². The first-order valence-electron chi connectivity index (χ1n) is 8.70. The van der Waals surface area contributed by atoms with Crippen molar-refractivity contribution >= 4 is 22.9 Å². The molecule has 27 heavy (non-hydrogen) atoms. The predicted octanol–water partition coefficient (Wildman–Crippen LogP) is 2.27. The summed E-state index contributed by atoms with van der Waals surface area (Å²) in [5.74, 6) is 0.607. The molecule has 0 atom stereocenters. The number of methoxy groups -OCH3 is 1. The van der Waals surface area contributed by atoms with Crippen LogP contribution in [0.25, 0.3) is 16.9 Å². The molecule has 0 unspecified atom stereocenters. The summed E-state index contributed by atoms with van der Waals surface area (Å²) in [6.45, 7) is 3.88. The van der Waals surface area contributed by atoms with Crippen LogP contribution in [0.15, 0.2) is 18.3 Å². The molecule has 0 spiro atoms. The van der Waals surface area contributed by atoms with Gasteiger partial charge in [0.2, 0.25) is 5.88 Å². The molecular weight excluding hydrogens is 346 g/mol. The van der Waals surface area contributed by atoms with Gasteiger partial charge in [0.1, 0.15) is 28.8 Å². The first kappa shape index (κ1) is 17.1. The fourth-order valence-electron chi connectivity index (χ4n) is 3.31. The van der Waals surface area contributed by atoms with Crippen LogP contribution in [0.3, 0.4) is 0 Å². The molecule has 2 aromatic heterocycles. The average Bonchev–Trinajstić information content (AvgIpc) is 3.38. The molecule has 1 aliphatic rings. The monoisotopic (exact) mass is 367 g/mol. The number of carbonyl (C=O) groups excluding carboxylic acids is 1. The van der Waals surface area contributed by atoms with Gasteiger partial charge in [-0.15, -0.1) is 0 Å². The van der Waals surface area contributed by atoms with E-state index in [0.29, 0.717) is 22.8 Å². The molecule has 1 amide bonds. The highest BCUT2D eigenvalue weighted by Gasteiger charge is 2.27. The standard InChI is InChI=1S/C19H21N5O3/c1-9-4-7-12(26-3)10(2)16(9)24-17(20)14(18(21)25)15-19(24)22-8-13(23-15)27-11-5-6-11/h4,7-8,11H,5-6,20H2,1-3H3,(H2,21,25). The summed E-state index contributed by atoms with van der Waals surface area (Å²) in [6, 6.07) is 3.81. The van der Waals surface area contributed by atoms with Gasteiger partial charge in [0.05, 0.1) is 19.0 Å². The van der Waals surface area contributed by atoms with Crippen LogP contribution in [0.1, 0.15) is 34.3 Å². The number of amides is 1. The van der Waals surface area contributed by atoms with Crippen molar-refractivity contribution < 1.29 is 14.3 Å². The second-order valence-corrected chi connectivity index (χ2v) is 6.72. The van der Waals surface area contributed by atoms with E-state index in [1.807, 2.05) is 26.0 Å². The molecule has 1 saturated carbocycles. The second-order valence-electron chi connectivity index (χ2n) is 6.72. The summed E-state index contributed by atoms with van der Waals surface area (Å²) in [6.07, 6.45) is 3.70. The molecule has 4 rings (SSSR count). The number of nitrogens with two attached hydrogens (primary N) is 2. The number of aryl methyl sites for hydroxylation is 1. The van der Waals surface area contributed by atoms with Crippen molar-refractivity contribution in [2.75, 3.05) is 12.8 Å². The molecule has 2 heterocycles. The maximum atomic E-state index is 12.1. The van der Waals surface area contributed by atoms with Crippen LogP contribution in [0.4, 0.5) is 5.82 Å². The molecule has 0 aliphatic heterocycles. The normalized spacial score (nSPS) is 13.7. The molecule has 1 fully saturated rings. The molecule has 0 radical (unpaired) electrons. The minimum absolute atomic E-state index is 0.139. The smallest absolute Gasteiger partial charge is 0.254 e. The maximum absolute atomic E-state index is 12.1. The fourth-order valence-corrected chi connectivity index (χ4v) is 3.31. The first-order chi connectivity index (χ1) is 12.9. The number of hydrogen-bond acceptors (Lipinski definition) is 6. The van der Waals surface area contributed by atoms with Gasteiger partial charge >= 0.3 is 0 Å². The molecule has 0 bridgehead atoms. The number of anilines is 1. The number of hydrogen-bond donors (Lipinski definition) is 2. The van der Waals surface area contributed by atoms with E-state index in [4.69, 9.17) is 20.9 Å². The number of nitrogen functional groups attached to an aromatic ring is 1. The third kappa shape index (κ3) is 2.73. The molecule has 3 aromatic rings. The quantitative estimate of drug-likeness (QED) is 0.714. The largest absolute Gasteiger partial charge is 0.496 e. The van der Waals surface area contributed by atoms with Crippen LogP contribution in [-0.4, -0.2) is 33.7 Å². The third-order valence-corrected chi connectivity index (χ3v) is 4.76. The van der Waals surface area contributed by atoms with Crippen molar-refractivity contribution in [3.05, 3.63) is 35.0 Å². The van der Waals surface area contributed by atoms with Crippen LogP contribution in [0, 0.1) is 13.8 Å². The topological polar surface area (TPSA) is 118 Å². The van der Waals surface area contributed by atoms with Gasteiger partial charge in [-0.3, -0.25) is 9.36 Å². The number of nitrogens with zero attached hydrogens (tertiary/aromatic N) is 3. The van der Waals surface area contributed by atoms with Crippen molar-refractivity contribution in [1.29, 1.82) is 0 Å². The van der Waals surface area contributed by atoms with E-state index in [1.54, 1.807) is 17.9 Å². The molecule has 0 saturated heterocycles. The minimum Gasteiger partial charge on any atom is -0.496 e. The van der Waals surface area contributed by atoms with Crippen LogP contribution in [0.2, 0.25) is 0 Å². The van der Waals surface area contributed by atoms with Crippen LogP contribution < -0.4 is 20.9 Å². The minimum atomic E-state index is -0.660. The Kier molecular flexibility index (Phi) is 3.91. The van der Waals surface area contributed by atoms with E-state index in [9.17, 15) is 4.79 Å². The Morgan fingerprint density at radius 2 is 2.04 bits per heavy atom. The van der Waals surface area contributed by atoms with Gasteiger partial charge in [-0.05, 0) is 38.3 Å². The Labute approximate surface area is 156 Å². The first-order valence-corrected chi connectivity index (χ1v) is 8.70. The van der Waals surface area contributed by atoms with Crippen molar-refractivity contribution in [2.24, 2.45) is 5.73 Å². The highest BCUT2D eigenvalue weighted by atomic mass is 16.5. The highest BCUT2D eigenvalue weighted by Crippen LogP contribution is 2.36. The zero-order valence-corrected chi connectivity index (χ0v) is 15.4. The second kappa shape index (κ2) is 6.15. The Morgan fingerprint density at radius 1 is 1.30 bits per heavy atom. The fraction of sp³-hybridized carbons (Fsp3) is 0.316. The zero-order valence-electron chi connectivity index (χ0n) is 15.4. The molecule has 1 aliphatic carbocycles. The lowest BCUT2D eigenvalue weighted by Gasteiger charge is -2.16. The van der Waals surface area contributed by atoms with Crippen molar-refractivity contribution in [2.45, 2.75) is 32.8 Å². The SMILES string of the molecule is COc1ccc(C)c(-n2c(N)c(C(N)=O)c3nc(OC4CC4)cnc32)c1C. The Bertz CT molecular complexity index is 1070. The zero-order chi connectivity index (χ0) is 19.3. The Balaban J connectivity index is 2.01. The van der Waals surface area contributed by atoms with Crippen molar-refractivity contribution in [1.82, 2.24) is 14.5 Å². The molecule has 1 aromatic carbocycles. The van der Waals surface area contributed by atoms with Gasteiger partial charge in [-0.1, -0.05) is 6.07 Å². The lowest BCUT2D eigenvalue weighted by Crippen LogP contribution is -2.14. The number of benzene rings is 1. The summed E-state index contributed by atoms with van der Waals surface area (Å²) in [5, 5.41) is 0. The molecule has 8 nitrogen and oxygen atoms in total. The predicted molar refractivity (Wildman–Crippen MR) is 101 cm³/mol. The lowest BCUT2D eigenvalue weighted by atomic mass is 10.1. The van der Waals surface area contributed by atoms with Gasteiger partial charge < -0.3 is 20.9 Å². The number of aromatic nitrogens is 3. The van der Waals surface area contributed by atoms with Gasteiger partial charge in [0.25, 0.3) is 5.91 Å². The van der Waals surface area contributed by atoms with Crippen LogP contribution in [0.5, 0.6) is 11.6 Å². The lowest BCUT2D eigenvalue weighted by molar-refractivity contribution is 0.100. The van der Waals surface area contributed by atoms with Gasteiger partial charge in [-0.2, -0.15) is 0 Å². The number of rotatable bonds is 5. The van der Waals surface area contributed by atoms with Crippen molar-refractivity contribution in [3.63, 3.8) is 0 Å². The van der Waals surface area contributed by atoms with E-state index < -0.39 is 5.91 Å². The van der Waals surface area contributed by atoms with E-state index >= 15 is 0 Å². The molecule has 8 heteroatoms. The molecule has 4 N–H and O–H groups in total. The van der Waals surface area contributed by atoms with E-state index in [2.05, 4.69) is 9.97 Å². The summed E-state index contributed by atoms with van der Waals surface area (Å²) in [7, 11) is 1.61. The summed E-state index contributed by atoms with van der Waals surface area (Å²) in [5.41, 5.74) is 15.5. The van der Waals surface area contributed by atoms with Crippen LogP contribution in [-0.2, 0) is 0 Å². The number of ether oxygens (including phenoxy) is 2. The van der Waals surface area contributed by atoms with E-state index in [1.165, 1.54) is 0 Å².